The molecule has 0 radical (unpaired) electrons. The molecule has 0 amide bonds. The second kappa shape index (κ2) is 16.6. The summed E-state index contributed by atoms with van der Waals surface area (Å²) >= 11 is 0. The highest BCUT2D eigenvalue weighted by Crippen LogP contribution is 2.11. The summed E-state index contributed by atoms with van der Waals surface area (Å²) in [6.45, 7) is 2.70. The van der Waals surface area contributed by atoms with Gasteiger partial charge in [0.15, 0.2) is 6.10 Å². The van der Waals surface area contributed by atoms with Gasteiger partial charge < -0.3 is 19.1 Å². The second-order valence-corrected chi connectivity index (χ2v) is 8.79. The number of carboxylic acid groups (broad SMARTS) is 1. The fourth-order valence-electron chi connectivity index (χ4n) is 3.19. The van der Waals surface area contributed by atoms with E-state index in [0.717, 1.165) is 6.42 Å². The molecule has 0 fully saturated rings. The molecule has 0 rings (SSSR count). The van der Waals surface area contributed by atoms with E-state index in [1.807, 2.05) is 27.2 Å². The summed E-state index contributed by atoms with van der Waals surface area (Å²) in [5.41, 5.74) is 0. The van der Waals surface area contributed by atoms with Crippen LogP contribution in [0.1, 0.15) is 90.4 Å². The molecule has 0 aromatic heterocycles. The molecule has 0 saturated carbocycles. The van der Waals surface area contributed by atoms with Crippen molar-refractivity contribution in [3.63, 3.8) is 0 Å². The molecule has 0 N–H and O–H groups in total. The lowest BCUT2D eigenvalue weighted by Crippen LogP contribution is -2.45. The summed E-state index contributed by atoms with van der Waals surface area (Å²) in [5.74, 6) is -1.53. The molecule has 28 heavy (non-hydrogen) atoms. The van der Waals surface area contributed by atoms with Gasteiger partial charge in [0.1, 0.15) is 6.54 Å². The van der Waals surface area contributed by atoms with E-state index in [9.17, 15) is 14.7 Å². The lowest BCUT2D eigenvalue weighted by Gasteiger charge is -2.29. The molecule has 0 aliphatic rings. The van der Waals surface area contributed by atoms with Crippen LogP contribution in [-0.2, 0) is 14.3 Å². The minimum atomic E-state index is -1.19. The lowest BCUT2D eigenvalue weighted by molar-refractivity contribution is -0.873. The van der Waals surface area contributed by atoms with Gasteiger partial charge in [0.2, 0.25) is 0 Å². The first-order valence-corrected chi connectivity index (χ1v) is 11.1. The Labute approximate surface area is 172 Å². The highest BCUT2D eigenvalue weighted by Gasteiger charge is 2.22. The average Bonchev–Trinajstić information content (AvgIpc) is 2.56. The molecule has 0 saturated heterocycles. The van der Waals surface area contributed by atoms with Crippen molar-refractivity contribution in [1.82, 2.24) is 0 Å². The summed E-state index contributed by atoms with van der Waals surface area (Å²) in [5, 5.41) is 10.8. The largest absolute Gasteiger partial charge is 0.550 e. The Hall–Kier alpha value is -1.36. The van der Waals surface area contributed by atoms with Crippen molar-refractivity contribution in [2.24, 2.45) is 0 Å². The van der Waals surface area contributed by atoms with E-state index in [1.54, 1.807) is 0 Å². The van der Waals surface area contributed by atoms with Crippen LogP contribution in [-0.4, -0.2) is 50.2 Å². The van der Waals surface area contributed by atoms with Crippen molar-refractivity contribution >= 4 is 11.9 Å². The van der Waals surface area contributed by atoms with Gasteiger partial charge in [-0.3, -0.25) is 4.79 Å². The summed E-state index contributed by atoms with van der Waals surface area (Å²) in [6.07, 6.45) is 17.2. The number of carbonyl (C=O) groups is 2. The van der Waals surface area contributed by atoms with Gasteiger partial charge in [0, 0.05) is 18.8 Å². The van der Waals surface area contributed by atoms with E-state index in [0.29, 0.717) is 17.4 Å². The van der Waals surface area contributed by atoms with E-state index in [1.165, 1.54) is 57.8 Å². The van der Waals surface area contributed by atoms with Gasteiger partial charge >= 0.3 is 5.97 Å². The monoisotopic (exact) mass is 397 g/mol. The normalized spacial score (nSPS) is 13.0. The van der Waals surface area contributed by atoms with Gasteiger partial charge in [0.25, 0.3) is 0 Å². The van der Waals surface area contributed by atoms with Crippen LogP contribution in [0.5, 0.6) is 0 Å². The zero-order valence-corrected chi connectivity index (χ0v) is 18.7. The van der Waals surface area contributed by atoms with E-state index in [-0.39, 0.29) is 18.8 Å². The predicted molar refractivity (Wildman–Crippen MR) is 113 cm³/mol. The zero-order valence-electron chi connectivity index (χ0n) is 18.7. The van der Waals surface area contributed by atoms with Gasteiger partial charge in [-0.05, 0) is 19.3 Å². The third kappa shape index (κ3) is 19.4. The van der Waals surface area contributed by atoms with E-state index in [2.05, 4.69) is 13.0 Å². The maximum absolute atomic E-state index is 11.9. The number of hydrogen-bond acceptors (Lipinski definition) is 4. The van der Waals surface area contributed by atoms with E-state index in [4.69, 9.17) is 4.74 Å². The highest BCUT2D eigenvalue weighted by molar-refractivity contribution is 5.71. The van der Waals surface area contributed by atoms with Crippen molar-refractivity contribution in [3.8, 4) is 0 Å². The Balaban J connectivity index is 3.76. The van der Waals surface area contributed by atoms with Crippen molar-refractivity contribution in [2.45, 2.75) is 96.5 Å². The summed E-state index contributed by atoms with van der Waals surface area (Å²) in [4.78, 5) is 22.8. The molecule has 0 heterocycles. The van der Waals surface area contributed by atoms with Gasteiger partial charge in [-0.25, -0.2) is 0 Å². The summed E-state index contributed by atoms with van der Waals surface area (Å²) < 4.78 is 5.87. The molecule has 1 atom stereocenters. The molecule has 0 aliphatic heterocycles. The Morgan fingerprint density at radius 1 is 0.893 bits per heavy atom. The maximum atomic E-state index is 11.9. The number of quaternary nitrogens is 1. The first kappa shape index (κ1) is 26.6. The van der Waals surface area contributed by atoms with Crippen LogP contribution in [0.2, 0.25) is 0 Å². The third-order valence-corrected chi connectivity index (χ3v) is 4.60. The first-order chi connectivity index (χ1) is 13.2. The molecule has 0 spiro atoms. The number of nitrogens with zero attached hydrogens (tertiary/aromatic N) is 1. The van der Waals surface area contributed by atoms with Crippen molar-refractivity contribution < 1.29 is 23.9 Å². The zero-order chi connectivity index (χ0) is 21.3. The Bertz CT molecular complexity index is 440. The molecule has 0 aliphatic carbocycles. The van der Waals surface area contributed by atoms with Crippen LogP contribution >= 0.6 is 0 Å². The number of carbonyl (C=O) groups excluding carboxylic acids is 2. The van der Waals surface area contributed by atoms with E-state index < -0.39 is 12.1 Å². The smallest absolute Gasteiger partial charge is 0.306 e. The number of hydrogen-bond donors (Lipinski definition) is 0. The Kier molecular flexibility index (Phi) is 15.8. The second-order valence-electron chi connectivity index (χ2n) is 8.79. The van der Waals surface area contributed by atoms with Crippen LogP contribution in [0.25, 0.3) is 0 Å². The quantitative estimate of drug-likeness (QED) is 0.152. The molecule has 0 bridgehead atoms. The van der Waals surface area contributed by atoms with Crippen LogP contribution in [0, 0.1) is 0 Å². The van der Waals surface area contributed by atoms with E-state index >= 15 is 0 Å². The van der Waals surface area contributed by atoms with Crippen molar-refractivity contribution in [3.05, 3.63) is 12.2 Å². The Morgan fingerprint density at radius 2 is 1.43 bits per heavy atom. The molecular formula is C23H43NO4. The van der Waals surface area contributed by atoms with Gasteiger partial charge in [0.05, 0.1) is 21.1 Å². The molecule has 5 heteroatoms. The number of unbranched alkanes of at least 4 members (excludes halogenated alkanes) is 9. The number of allylic oxidation sites excluding steroid dienone is 2. The molecular weight excluding hydrogens is 354 g/mol. The molecule has 0 aromatic rings. The minimum absolute atomic E-state index is 0.254. The lowest BCUT2D eigenvalue weighted by atomic mass is 10.1. The van der Waals surface area contributed by atoms with Crippen molar-refractivity contribution in [1.29, 1.82) is 0 Å². The standard InChI is InChI=1S/C23H43NO4/c1-5-6-7-8-9-10-11-12-13-14-15-16-17-18-23(27)28-21(19-22(25)26)20-24(2,3)4/h15-16,21H,5-14,17-20H2,1-4H3/b16-15+. The SMILES string of the molecule is CCCCCCCCCCC/C=C/CCC(=O)OC(CC(=O)[O-])C[N+](C)(C)C. The predicted octanol–water partition coefficient (Wildman–Crippen LogP) is 4.00. The van der Waals surface area contributed by atoms with Crippen LogP contribution in [0.15, 0.2) is 12.2 Å². The third-order valence-electron chi connectivity index (χ3n) is 4.60. The first-order valence-electron chi connectivity index (χ1n) is 11.1. The number of likely N-dealkylation sites (N-methyl/N-ethyl adjacent to an activating group) is 1. The van der Waals surface area contributed by atoms with Crippen LogP contribution in [0.3, 0.4) is 0 Å². The number of esters is 1. The molecule has 0 aromatic carbocycles. The average molecular weight is 398 g/mol. The number of rotatable bonds is 18. The number of ether oxygens (including phenoxy) is 1. The molecule has 1 unspecified atom stereocenters. The van der Waals surface area contributed by atoms with Gasteiger partial charge in [-0.1, -0.05) is 70.4 Å². The fraction of sp³-hybridized carbons (Fsp3) is 0.826. The fourth-order valence-corrected chi connectivity index (χ4v) is 3.19. The molecule has 5 nitrogen and oxygen atoms in total. The van der Waals surface area contributed by atoms with Gasteiger partial charge in [-0.2, -0.15) is 0 Å². The topological polar surface area (TPSA) is 66.4 Å². The number of carboxylic acids is 1. The Morgan fingerprint density at radius 3 is 1.96 bits per heavy atom. The minimum Gasteiger partial charge on any atom is -0.550 e. The van der Waals surface area contributed by atoms with Crippen LogP contribution in [0.4, 0.5) is 0 Å². The highest BCUT2D eigenvalue weighted by atomic mass is 16.5. The maximum Gasteiger partial charge on any atom is 0.306 e. The van der Waals surface area contributed by atoms with Gasteiger partial charge in [-0.15, -0.1) is 0 Å². The summed E-state index contributed by atoms with van der Waals surface area (Å²) in [7, 11) is 5.81. The number of aliphatic carboxylic acids is 1. The van der Waals surface area contributed by atoms with Crippen molar-refractivity contribution in [2.75, 3.05) is 27.7 Å². The summed E-state index contributed by atoms with van der Waals surface area (Å²) in [6, 6.07) is 0. The molecule has 164 valence electrons. The van der Waals surface area contributed by atoms with Crippen LogP contribution < -0.4 is 5.11 Å².